The first-order valence-electron chi connectivity index (χ1n) is 10.4. The molecule has 166 valence electrons. The van der Waals surface area contributed by atoms with Crippen LogP contribution in [0, 0.1) is 0 Å². The zero-order chi connectivity index (χ0) is 22.0. The molecule has 2 rings (SSSR count). The van der Waals surface area contributed by atoms with Gasteiger partial charge in [0.25, 0.3) is 0 Å². The number of likely N-dealkylation sites (tertiary alicyclic amines) is 1. The van der Waals surface area contributed by atoms with Crippen molar-refractivity contribution in [1.82, 2.24) is 9.62 Å². The molecular formula is C22H32N2O5S. The summed E-state index contributed by atoms with van der Waals surface area (Å²) in [7, 11) is -3.49. The van der Waals surface area contributed by atoms with Gasteiger partial charge in [0.2, 0.25) is 21.8 Å². The van der Waals surface area contributed by atoms with Crippen LogP contribution in [0.25, 0.3) is 0 Å². The van der Waals surface area contributed by atoms with Gasteiger partial charge in [-0.25, -0.2) is 8.42 Å². The second-order valence-corrected chi connectivity index (χ2v) is 9.55. The number of nitrogens with zero attached hydrogens (tertiary/aromatic N) is 1. The summed E-state index contributed by atoms with van der Waals surface area (Å²) in [4.78, 5) is 25.5. The van der Waals surface area contributed by atoms with Crippen molar-refractivity contribution in [2.24, 2.45) is 0 Å². The van der Waals surface area contributed by atoms with Crippen molar-refractivity contribution in [2.45, 2.75) is 63.5 Å². The van der Waals surface area contributed by atoms with Crippen LogP contribution in [-0.2, 0) is 26.0 Å². The van der Waals surface area contributed by atoms with Crippen LogP contribution in [0.2, 0.25) is 0 Å². The molecule has 0 aliphatic carbocycles. The number of hydrogen-bond donors (Lipinski definition) is 2. The zero-order valence-electron chi connectivity index (χ0n) is 17.5. The number of carbonyl (C=O) groups excluding carboxylic acids is 2. The van der Waals surface area contributed by atoms with E-state index < -0.39 is 22.0 Å². The van der Waals surface area contributed by atoms with Crippen molar-refractivity contribution in [3.05, 3.63) is 48.0 Å². The highest BCUT2D eigenvalue weighted by Crippen LogP contribution is 2.21. The molecular weight excluding hydrogens is 404 g/mol. The second kappa shape index (κ2) is 11.9. The van der Waals surface area contributed by atoms with Crippen LogP contribution in [0.15, 0.2) is 42.5 Å². The van der Waals surface area contributed by atoms with Crippen LogP contribution < -0.4 is 4.72 Å². The number of rotatable bonds is 12. The molecule has 0 unspecified atom stereocenters. The number of aliphatic hydroxyl groups excluding tert-OH is 1. The molecule has 2 atom stereocenters. The molecule has 8 heteroatoms. The van der Waals surface area contributed by atoms with E-state index in [-0.39, 0.29) is 18.4 Å². The smallest absolute Gasteiger partial charge is 0.233 e. The van der Waals surface area contributed by atoms with Crippen molar-refractivity contribution in [3.63, 3.8) is 0 Å². The molecule has 1 aromatic carbocycles. The van der Waals surface area contributed by atoms with Crippen LogP contribution in [0.3, 0.4) is 0 Å². The van der Waals surface area contributed by atoms with Gasteiger partial charge < -0.3 is 10.0 Å². The first-order chi connectivity index (χ1) is 14.2. The zero-order valence-corrected chi connectivity index (χ0v) is 18.3. The third-order valence-corrected chi connectivity index (χ3v) is 5.67. The van der Waals surface area contributed by atoms with E-state index in [0.717, 1.165) is 37.5 Å². The Morgan fingerprint density at radius 3 is 2.63 bits per heavy atom. The number of unbranched alkanes of at least 4 members (excludes halogenated alkanes) is 3. The van der Waals surface area contributed by atoms with Crippen LogP contribution in [-0.4, -0.2) is 55.2 Å². The van der Waals surface area contributed by atoms with Crippen LogP contribution in [0.5, 0.6) is 0 Å². The molecule has 1 aliphatic rings. The number of carbonyl (C=O) groups is 2. The Labute approximate surface area is 179 Å². The molecule has 7 nitrogen and oxygen atoms in total. The Morgan fingerprint density at radius 2 is 1.93 bits per heavy atom. The molecule has 0 aromatic heterocycles. The lowest BCUT2D eigenvalue weighted by Crippen LogP contribution is -2.32. The third-order valence-electron chi connectivity index (χ3n) is 5.07. The topological polar surface area (TPSA) is 104 Å². The van der Waals surface area contributed by atoms with E-state index in [1.54, 1.807) is 6.08 Å². The van der Waals surface area contributed by atoms with E-state index in [4.69, 9.17) is 0 Å². The van der Waals surface area contributed by atoms with Crippen molar-refractivity contribution in [2.75, 3.05) is 12.8 Å². The summed E-state index contributed by atoms with van der Waals surface area (Å²) in [6.45, 7) is 0.651. The Hall–Kier alpha value is -2.19. The molecule has 0 bridgehead atoms. The fourth-order valence-electron chi connectivity index (χ4n) is 3.61. The fourth-order valence-corrected chi connectivity index (χ4v) is 4.12. The Bertz CT molecular complexity index is 823. The molecule has 1 saturated heterocycles. The summed E-state index contributed by atoms with van der Waals surface area (Å²) in [5, 5.41) is 10.2. The number of amides is 2. The lowest BCUT2D eigenvalue weighted by molar-refractivity contribution is -0.128. The predicted octanol–water partition coefficient (Wildman–Crippen LogP) is 2.16. The first kappa shape index (κ1) is 24.1. The van der Waals surface area contributed by atoms with Crippen molar-refractivity contribution >= 4 is 21.8 Å². The lowest BCUT2D eigenvalue weighted by Gasteiger charge is -2.22. The number of aliphatic hydroxyl groups is 1. The van der Waals surface area contributed by atoms with Crippen molar-refractivity contribution in [3.8, 4) is 0 Å². The third kappa shape index (κ3) is 9.09. The molecule has 0 spiro atoms. The summed E-state index contributed by atoms with van der Waals surface area (Å²) in [6, 6.07) is 9.81. The lowest BCUT2D eigenvalue weighted by atomic mass is 10.1. The quantitative estimate of drug-likeness (QED) is 0.386. The molecule has 2 amide bonds. The van der Waals surface area contributed by atoms with E-state index in [1.807, 2.05) is 46.0 Å². The van der Waals surface area contributed by atoms with Gasteiger partial charge in [-0.15, -0.1) is 0 Å². The molecule has 0 radical (unpaired) electrons. The van der Waals surface area contributed by atoms with E-state index >= 15 is 0 Å². The Kier molecular flexibility index (Phi) is 9.52. The van der Waals surface area contributed by atoms with Gasteiger partial charge in [0, 0.05) is 25.8 Å². The average molecular weight is 437 g/mol. The predicted molar refractivity (Wildman–Crippen MR) is 116 cm³/mol. The Balaban J connectivity index is 1.68. The van der Waals surface area contributed by atoms with E-state index in [1.165, 1.54) is 0 Å². The molecule has 0 saturated carbocycles. The number of sulfonamides is 1. The monoisotopic (exact) mass is 436 g/mol. The highest BCUT2D eigenvalue weighted by molar-refractivity contribution is 7.89. The van der Waals surface area contributed by atoms with Gasteiger partial charge in [-0.2, -0.15) is 0 Å². The maximum Gasteiger partial charge on any atom is 0.233 e. The summed E-state index contributed by atoms with van der Waals surface area (Å²) >= 11 is 0. The minimum absolute atomic E-state index is 0.0171. The summed E-state index contributed by atoms with van der Waals surface area (Å²) in [6.07, 6.45) is 9.23. The maximum absolute atomic E-state index is 12.2. The molecule has 1 fully saturated rings. The molecule has 1 heterocycles. The average Bonchev–Trinajstić information content (AvgIpc) is 3.02. The normalized spacial score (nSPS) is 18.1. The largest absolute Gasteiger partial charge is 0.389 e. The molecule has 2 N–H and O–H groups in total. The highest BCUT2D eigenvalue weighted by Gasteiger charge is 2.28. The minimum Gasteiger partial charge on any atom is -0.389 e. The summed E-state index contributed by atoms with van der Waals surface area (Å²) in [5.41, 5.74) is 1.07. The van der Waals surface area contributed by atoms with E-state index in [0.29, 0.717) is 25.8 Å². The van der Waals surface area contributed by atoms with Gasteiger partial charge in [0.05, 0.1) is 18.4 Å². The standard InChI is InChI=1S/C22H32N2O5S/c1-30(28,29)23-21(26)11-7-2-3-8-16-24-19(13-15-22(24)27)12-14-20(25)17-18-9-5-4-6-10-18/h4-6,9-10,12,14,19-20,25H,2-3,7-8,11,13,15-17H2,1H3,(H,23,26)/b14-12+/t19-,20-/m0/s1. The molecule has 30 heavy (non-hydrogen) atoms. The Morgan fingerprint density at radius 1 is 1.23 bits per heavy atom. The number of hydrogen-bond acceptors (Lipinski definition) is 5. The maximum atomic E-state index is 12.2. The van der Waals surface area contributed by atoms with Gasteiger partial charge in [0.15, 0.2) is 0 Å². The summed E-state index contributed by atoms with van der Waals surface area (Å²) in [5.74, 6) is -0.346. The van der Waals surface area contributed by atoms with Gasteiger partial charge in [-0.1, -0.05) is 55.3 Å². The molecule has 1 aromatic rings. The highest BCUT2D eigenvalue weighted by atomic mass is 32.2. The van der Waals surface area contributed by atoms with Crippen molar-refractivity contribution in [1.29, 1.82) is 0 Å². The van der Waals surface area contributed by atoms with Crippen LogP contribution in [0.1, 0.15) is 50.5 Å². The second-order valence-electron chi connectivity index (χ2n) is 7.80. The number of benzene rings is 1. The number of nitrogens with one attached hydrogen (secondary N) is 1. The van der Waals surface area contributed by atoms with E-state index in [2.05, 4.69) is 0 Å². The molecule has 1 aliphatic heterocycles. The van der Waals surface area contributed by atoms with Crippen LogP contribution >= 0.6 is 0 Å². The SMILES string of the molecule is CS(=O)(=O)NC(=O)CCCCCCN1C(=O)CC[C@@H]1/C=C/[C@H](O)Cc1ccccc1. The van der Waals surface area contributed by atoms with Crippen molar-refractivity contribution < 1.29 is 23.1 Å². The minimum atomic E-state index is -3.49. The fraction of sp³-hybridized carbons (Fsp3) is 0.545. The van der Waals surface area contributed by atoms with Gasteiger partial charge in [-0.3, -0.25) is 14.3 Å². The van der Waals surface area contributed by atoms with Gasteiger partial charge >= 0.3 is 0 Å². The first-order valence-corrected chi connectivity index (χ1v) is 12.3. The summed E-state index contributed by atoms with van der Waals surface area (Å²) < 4.78 is 23.9. The van der Waals surface area contributed by atoms with E-state index in [9.17, 15) is 23.1 Å². The van der Waals surface area contributed by atoms with Crippen LogP contribution in [0.4, 0.5) is 0 Å². The van der Waals surface area contributed by atoms with Gasteiger partial charge in [-0.05, 0) is 24.8 Å². The van der Waals surface area contributed by atoms with Gasteiger partial charge in [0.1, 0.15) is 0 Å².